The second-order valence-corrected chi connectivity index (χ2v) is 6.61. The van der Waals surface area contributed by atoms with E-state index in [0.717, 1.165) is 34.5 Å². The van der Waals surface area contributed by atoms with Gasteiger partial charge < -0.3 is 10.1 Å². The number of esters is 1. The van der Waals surface area contributed by atoms with Gasteiger partial charge in [0.15, 0.2) is 6.10 Å². The molecule has 0 saturated heterocycles. The largest absolute Gasteiger partial charge is 0.449 e. The molecule has 27 heavy (non-hydrogen) atoms. The van der Waals surface area contributed by atoms with Crippen LogP contribution in [-0.4, -0.2) is 23.0 Å². The summed E-state index contributed by atoms with van der Waals surface area (Å²) < 4.78 is 32.6. The molecular formula is C19H14F2N2O3S. The molecule has 0 bridgehead atoms. The first kappa shape index (κ1) is 18.7. The third-order valence-corrected chi connectivity index (χ3v) is 4.52. The second-order valence-electron chi connectivity index (χ2n) is 5.55. The molecule has 0 radical (unpaired) electrons. The first-order valence-electron chi connectivity index (χ1n) is 7.92. The number of halogens is 2. The predicted molar refractivity (Wildman–Crippen MR) is 99.2 cm³/mol. The Balaban J connectivity index is 1.59. The lowest BCUT2D eigenvalue weighted by molar-refractivity contribution is -0.148. The lowest BCUT2D eigenvalue weighted by Gasteiger charge is -2.12. The Kier molecular flexibility index (Phi) is 5.56. The van der Waals surface area contributed by atoms with Crippen LogP contribution >= 0.6 is 11.3 Å². The van der Waals surface area contributed by atoms with Crippen molar-refractivity contribution in [2.75, 3.05) is 5.32 Å². The van der Waals surface area contributed by atoms with Crippen LogP contribution < -0.4 is 5.32 Å². The van der Waals surface area contributed by atoms with Crippen LogP contribution in [0, 0.1) is 11.6 Å². The molecule has 0 saturated carbocycles. The van der Waals surface area contributed by atoms with E-state index in [1.807, 2.05) is 24.3 Å². The van der Waals surface area contributed by atoms with Gasteiger partial charge in [0.2, 0.25) is 0 Å². The molecule has 0 aliphatic rings. The molecule has 5 nitrogen and oxygen atoms in total. The maximum Gasteiger partial charge on any atom is 0.331 e. The average Bonchev–Trinajstić information content (AvgIpc) is 3.06. The van der Waals surface area contributed by atoms with Crippen LogP contribution in [0.5, 0.6) is 0 Å². The minimum absolute atomic E-state index is 0.326. The van der Waals surface area contributed by atoms with E-state index in [0.29, 0.717) is 5.01 Å². The molecule has 1 heterocycles. The Morgan fingerprint density at radius 2 is 2.00 bits per heavy atom. The molecule has 0 aliphatic carbocycles. The number of amides is 1. The number of hydrogen-bond acceptors (Lipinski definition) is 5. The Hall–Kier alpha value is -3.13. The summed E-state index contributed by atoms with van der Waals surface area (Å²) in [5, 5.41) is 2.80. The highest BCUT2D eigenvalue weighted by molar-refractivity contribution is 7.19. The number of aromatic nitrogens is 1. The van der Waals surface area contributed by atoms with Gasteiger partial charge in [-0.25, -0.2) is 18.6 Å². The molecule has 3 aromatic rings. The summed E-state index contributed by atoms with van der Waals surface area (Å²) in [4.78, 5) is 28.2. The van der Waals surface area contributed by atoms with Crippen LogP contribution in [0.25, 0.3) is 16.3 Å². The minimum atomic E-state index is -1.19. The molecule has 0 unspecified atom stereocenters. The van der Waals surface area contributed by atoms with E-state index in [4.69, 9.17) is 4.74 Å². The zero-order valence-corrected chi connectivity index (χ0v) is 14.9. The standard InChI is InChI=1S/C19H14F2N2O3S/c1-11(19(25)23-15-10-12(20)6-7-13(15)21)26-18(24)9-8-17-22-14-4-2-3-5-16(14)27-17/h2-11H,1H3,(H,23,25)/b9-8+/t11-/m0/s1. The number of carbonyl (C=O) groups excluding carboxylic acids is 2. The lowest BCUT2D eigenvalue weighted by atomic mass is 10.2. The number of benzene rings is 2. The second kappa shape index (κ2) is 8.05. The molecule has 138 valence electrons. The Bertz CT molecular complexity index is 1000. The van der Waals surface area contributed by atoms with E-state index in [1.54, 1.807) is 0 Å². The smallest absolute Gasteiger partial charge is 0.331 e. The number of anilines is 1. The molecule has 3 rings (SSSR count). The fraction of sp³-hybridized carbons (Fsp3) is 0.105. The zero-order valence-electron chi connectivity index (χ0n) is 14.1. The summed E-state index contributed by atoms with van der Waals surface area (Å²) in [7, 11) is 0. The number of para-hydroxylation sites is 1. The maximum atomic E-state index is 13.5. The molecule has 1 N–H and O–H groups in total. The quantitative estimate of drug-likeness (QED) is 0.526. The SMILES string of the molecule is C[C@H](OC(=O)/C=C/c1nc2ccccc2s1)C(=O)Nc1cc(F)ccc1F. The van der Waals surface area contributed by atoms with Gasteiger partial charge in [0.25, 0.3) is 5.91 Å². The predicted octanol–water partition coefficient (Wildman–Crippen LogP) is 4.16. The normalized spacial score (nSPS) is 12.3. The molecule has 0 aliphatic heterocycles. The van der Waals surface area contributed by atoms with E-state index in [1.165, 1.54) is 24.3 Å². The van der Waals surface area contributed by atoms with Crippen LogP contribution in [0.3, 0.4) is 0 Å². The zero-order chi connectivity index (χ0) is 19.4. The molecule has 8 heteroatoms. The van der Waals surface area contributed by atoms with E-state index in [9.17, 15) is 18.4 Å². The van der Waals surface area contributed by atoms with Gasteiger partial charge in [0, 0.05) is 12.1 Å². The van der Waals surface area contributed by atoms with Crippen LogP contribution in [0.15, 0.2) is 48.5 Å². The summed E-state index contributed by atoms with van der Waals surface area (Å²) >= 11 is 1.41. The number of hydrogen-bond donors (Lipinski definition) is 1. The first-order valence-corrected chi connectivity index (χ1v) is 8.74. The van der Waals surface area contributed by atoms with E-state index in [2.05, 4.69) is 10.3 Å². The fourth-order valence-electron chi connectivity index (χ4n) is 2.20. The van der Waals surface area contributed by atoms with Crippen molar-refractivity contribution in [3.63, 3.8) is 0 Å². The highest BCUT2D eigenvalue weighted by atomic mass is 32.1. The highest BCUT2D eigenvalue weighted by Crippen LogP contribution is 2.22. The summed E-state index contributed by atoms with van der Waals surface area (Å²) in [5.41, 5.74) is 0.494. The number of rotatable bonds is 5. The molecule has 0 fully saturated rings. The lowest BCUT2D eigenvalue weighted by Crippen LogP contribution is -2.29. The molecule has 0 spiro atoms. The van der Waals surface area contributed by atoms with Crippen molar-refractivity contribution in [2.45, 2.75) is 13.0 Å². The first-order chi connectivity index (χ1) is 12.9. The van der Waals surface area contributed by atoms with Gasteiger partial charge in [-0.15, -0.1) is 11.3 Å². The van der Waals surface area contributed by atoms with E-state index >= 15 is 0 Å². The molecule has 2 aromatic carbocycles. The average molecular weight is 388 g/mol. The number of nitrogens with one attached hydrogen (secondary N) is 1. The molecule has 1 amide bonds. The van der Waals surface area contributed by atoms with Gasteiger partial charge in [-0.2, -0.15) is 0 Å². The van der Waals surface area contributed by atoms with Crippen molar-refractivity contribution in [3.05, 3.63) is 65.2 Å². The summed E-state index contributed by atoms with van der Waals surface area (Å²) in [6.07, 6.45) is 1.45. The summed E-state index contributed by atoms with van der Waals surface area (Å²) in [6, 6.07) is 10.2. The fourth-order valence-corrected chi connectivity index (χ4v) is 3.07. The van der Waals surface area contributed by atoms with Gasteiger partial charge in [0.1, 0.15) is 16.6 Å². The number of carbonyl (C=O) groups is 2. The van der Waals surface area contributed by atoms with Gasteiger partial charge in [-0.3, -0.25) is 4.79 Å². The highest BCUT2D eigenvalue weighted by Gasteiger charge is 2.18. The van der Waals surface area contributed by atoms with Gasteiger partial charge in [-0.1, -0.05) is 12.1 Å². The third-order valence-electron chi connectivity index (χ3n) is 3.52. The van der Waals surface area contributed by atoms with Gasteiger partial charge in [-0.05, 0) is 37.3 Å². The Morgan fingerprint density at radius 3 is 2.78 bits per heavy atom. The van der Waals surface area contributed by atoms with Crippen molar-refractivity contribution in [2.24, 2.45) is 0 Å². The van der Waals surface area contributed by atoms with Crippen molar-refractivity contribution < 1.29 is 23.1 Å². The number of ether oxygens (including phenoxy) is 1. The van der Waals surface area contributed by atoms with Gasteiger partial charge >= 0.3 is 5.97 Å². The van der Waals surface area contributed by atoms with Crippen molar-refractivity contribution >= 4 is 45.2 Å². The molecule has 1 atom stereocenters. The number of thiazole rings is 1. The topological polar surface area (TPSA) is 68.3 Å². The van der Waals surface area contributed by atoms with Crippen molar-refractivity contribution in [3.8, 4) is 0 Å². The monoisotopic (exact) mass is 388 g/mol. The van der Waals surface area contributed by atoms with Crippen molar-refractivity contribution in [1.82, 2.24) is 4.98 Å². The Labute approximate surface area is 157 Å². The number of nitrogens with zero attached hydrogens (tertiary/aromatic N) is 1. The summed E-state index contributed by atoms with van der Waals surface area (Å²) in [5.74, 6) is -3.02. The van der Waals surface area contributed by atoms with E-state index < -0.39 is 29.6 Å². The van der Waals surface area contributed by atoms with Crippen LogP contribution in [-0.2, 0) is 14.3 Å². The van der Waals surface area contributed by atoms with Crippen molar-refractivity contribution in [1.29, 1.82) is 0 Å². The minimum Gasteiger partial charge on any atom is -0.449 e. The van der Waals surface area contributed by atoms with E-state index in [-0.39, 0.29) is 5.69 Å². The van der Waals surface area contributed by atoms with Crippen LogP contribution in [0.4, 0.5) is 14.5 Å². The third kappa shape index (κ3) is 4.73. The van der Waals surface area contributed by atoms with Crippen LogP contribution in [0.2, 0.25) is 0 Å². The molecular weight excluding hydrogens is 374 g/mol. The van der Waals surface area contributed by atoms with Crippen LogP contribution in [0.1, 0.15) is 11.9 Å². The molecule has 1 aromatic heterocycles. The maximum absolute atomic E-state index is 13.5. The Morgan fingerprint density at radius 1 is 1.22 bits per heavy atom. The summed E-state index contributed by atoms with van der Waals surface area (Å²) in [6.45, 7) is 1.33. The van der Waals surface area contributed by atoms with Gasteiger partial charge in [0.05, 0.1) is 15.9 Å². The number of fused-ring (bicyclic) bond motifs is 1.